The maximum atomic E-state index is 11.9. The van der Waals surface area contributed by atoms with Gasteiger partial charge in [0.15, 0.2) is 0 Å². The summed E-state index contributed by atoms with van der Waals surface area (Å²) < 4.78 is 59.3. The predicted octanol–water partition coefficient (Wildman–Crippen LogP) is 2.05. The molecule has 2 nitrogen and oxygen atoms in total. The van der Waals surface area contributed by atoms with Gasteiger partial charge in [-0.2, -0.15) is 22.0 Å². The number of halogens is 5. The summed E-state index contributed by atoms with van der Waals surface area (Å²) in [5.41, 5.74) is 0. The second-order valence-electron chi connectivity index (χ2n) is 2.98. The first-order chi connectivity index (χ1) is 6.15. The quantitative estimate of drug-likeness (QED) is 0.665. The molecule has 7 heteroatoms. The number of amides is 1. The van der Waals surface area contributed by atoms with Crippen LogP contribution in [-0.4, -0.2) is 36.0 Å². The molecular weight excluding hydrogens is 209 g/mol. The third-order valence-corrected chi connectivity index (χ3v) is 1.44. The summed E-state index contributed by atoms with van der Waals surface area (Å²) in [4.78, 5) is 10.7. The van der Waals surface area contributed by atoms with Crippen LogP contribution in [0.15, 0.2) is 0 Å². The van der Waals surface area contributed by atoms with Crippen molar-refractivity contribution in [2.45, 2.75) is 32.5 Å². The minimum Gasteiger partial charge on any atom is -0.326 e. The Balaban J connectivity index is 4.54. The molecule has 14 heavy (non-hydrogen) atoms. The number of carbonyl (C=O) groups is 1. The summed E-state index contributed by atoms with van der Waals surface area (Å²) in [6.07, 6.45) is -8.06. The fraction of sp³-hybridized carbons (Fsp3) is 0.857. The molecule has 0 aromatic heterocycles. The molecule has 0 rings (SSSR count). The summed E-state index contributed by atoms with van der Waals surface area (Å²) >= 11 is 0. The van der Waals surface area contributed by atoms with Gasteiger partial charge in [0.05, 0.1) is 0 Å². The average molecular weight is 219 g/mol. The first-order valence-electron chi connectivity index (χ1n) is 3.80. The van der Waals surface area contributed by atoms with Crippen molar-refractivity contribution in [1.82, 2.24) is 4.90 Å². The Morgan fingerprint density at radius 1 is 1.29 bits per heavy atom. The van der Waals surface area contributed by atoms with Crippen molar-refractivity contribution < 1.29 is 26.7 Å². The topological polar surface area (TPSA) is 20.3 Å². The normalized spacial score (nSPS) is 12.4. The van der Waals surface area contributed by atoms with Gasteiger partial charge >= 0.3 is 12.6 Å². The standard InChI is InChI=1S/C7H10F5NO/c1-4(2)13(3-7(10,11)12)6(14)5(8)9/h4-5H,3H2,1-2H3. The van der Waals surface area contributed by atoms with Gasteiger partial charge in [-0.1, -0.05) is 0 Å². The second kappa shape index (κ2) is 4.56. The molecule has 0 aromatic carbocycles. The van der Waals surface area contributed by atoms with E-state index < -0.39 is 31.1 Å². The minimum absolute atomic E-state index is 0.102. The molecule has 0 N–H and O–H groups in total. The van der Waals surface area contributed by atoms with Crippen LogP contribution < -0.4 is 0 Å². The van der Waals surface area contributed by atoms with Gasteiger partial charge in [0, 0.05) is 6.04 Å². The van der Waals surface area contributed by atoms with Gasteiger partial charge in [0.2, 0.25) is 0 Å². The molecule has 0 aliphatic carbocycles. The monoisotopic (exact) mass is 219 g/mol. The Morgan fingerprint density at radius 2 is 1.71 bits per heavy atom. The molecule has 0 atom stereocenters. The summed E-state index contributed by atoms with van der Waals surface area (Å²) in [6.45, 7) is 0.839. The summed E-state index contributed by atoms with van der Waals surface area (Å²) in [5, 5.41) is 0. The molecule has 0 bridgehead atoms. The largest absolute Gasteiger partial charge is 0.406 e. The van der Waals surface area contributed by atoms with E-state index in [2.05, 4.69) is 0 Å². The molecule has 0 saturated heterocycles. The van der Waals surface area contributed by atoms with E-state index in [1.165, 1.54) is 13.8 Å². The molecule has 0 spiro atoms. The number of nitrogens with zero attached hydrogens (tertiary/aromatic N) is 1. The molecule has 84 valence electrons. The number of alkyl halides is 5. The molecule has 0 unspecified atom stereocenters. The van der Waals surface area contributed by atoms with Gasteiger partial charge in [-0.3, -0.25) is 4.79 Å². The fourth-order valence-corrected chi connectivity index (χ4v) is 0.833. The molecule has 0 saturated carbocycles. The number of hydrogen-bond donors (Lipinski definition) is 0. The second-order valence-corrected chi connectivity index (χ2v) is 2.98. The first-order valence-corrected chi connectivity index (χ1v) is 3.80. The van der Waals surface area contributed by atoms with Crippen LogP contribution in [0.3, 0.4) is 0 Å². The molecule has 0 fully saturated rings. The smallest absolute Gasteiger partial charge is 0.326 e. The Bertz CT molecular complexity index is 201. The molecule has 0 radical (unpaired) electrons. The molecule has 0 aromatic rings. The van der Waals surface area contributed by atoms with Crippen LogP contribution >= 0.6 is 0 Å². The highest BCUT2D eigenvalue weighted by atomic mass is 19.4. The summed E-state index contributed by atoms with van der Waals surface area (Å²) in [7, 11) is 0. The van der Waals surface area contributed by atoms with Crippen LogP contribution in [-0.2, 0) is 4.79 Å². The van der Waals surface area contributed by atoms with Crippen LogP contribution in [0.5, 0.6) is 0 Å². The molecule has 0 aliphatic heterocycles. The minimum atomic E-state index is -4.66. The van der Waals surface area contributed by atoms with Crippen LogP contribution in [0.25, 0.3) is 0 Å². The van der Waals surface area contributed by atoms with E-state index in [0.29, 0.717) is 0 Å². The van der Waals surface area contributed by atoms with E-state index in [0.717, 1.165) is 0 Å². The van der Waals surface area contributed by atoms with Gasteiger partial charge in [-0.05, 0) is 13.8 Å². The van der Waals surface area contributed by atoms with Gasteiger partial charge in [0.25, 0.3) is 5.91 Å². The molecule has 0 aliphatic rings. The number of rotatable bonds is 3. The highest BCUT2D eigenvalue weighted by molar-refractivity contribution is 5.79. The Morgan fingerprint density at radius 3 is 1.93 bits per heavy atom. The van der Waals surface area contributed by atoms with Gasteiger partial charge in [0.1, 0.15) is 6.54 Å². The van der Waals surface area contributed by atoms with E-state index in [4.69, 9.17) is 0 Å². The van der Waals surface area contributed by atoms with Crippen LogP contribution in [0.1, 0.15) is 13.8 Å². The fourth-order valence-electron chi connectivity index (χ4n) is 0.833. The van der Waals surface area contributed by atoms with Crippen molar-refractivity contribution in [1.29, 1.82) is 0 Å². The lowest BCUT2D eigenvalue weighted by atomic mass is 10.3. The van der Waals surface area contributed by atoms with Crippen LogP contribution in [0.4, 0.5) is 22.0 Å². The number of hydrogen-bond acceptors (Lipinski definition) is 1. The third kappa shape index (κ3) is 4.38. The van der Waals surface area contributed by atoms with Gasteiger partial charge in [-0.15, -0.1) is 0 Å². The lowest BCUT2D eigenvalue weighted by molar-refractivity contribution is -0.171. The van der Waals surface area contributed by atoms with E-state index in [9.17, 15) is 26.7 Å². The maximum absolute atomic E-state index is 11.9. The van der Waals surface area contributed by atoms with Gasteiger partial charge < -0.3 is 4.90 Å². The highest BCUT2D eigenvalue weighted by Gasteiger charge is 2.36. The average Bonchev–Trinajstić information content (AvgIpc) is 1.96. The molecular formula is C7H10F5NO. The Labute approximate surface area is 77.7 Å². The molecule has 1 amide bonds. The van der Waals surface area contributed by atoms with Crippen molar-refractivity contribution in [2.24, 2.45) is 0 Å². The van der Waals surface area contributed by atoms with Crippen LogP contribution in [0.2, 0.25) is 0 Å². The highest BCUT2D eigenvalue weighted by Crippen LogP contribution is 2.19. The lowest BCUT2D eigenvalue weighted by Crippen LogP contribution is -2.45. The van der Waals surface area contributed by atoms with Crippen molar-refractivity contribution in [3.05, 3.63) is 0 Å². The Hall–Kier alpha value is -0.880. The summed E-state index contributed by atoms with van der Waals surface area (Å²) in [5.74, 6) is -1.79. The van der Waals surface area contributed by atoms with E-state index in [1.54, 1.807) is 0 Å². The summed E-state index contributed by atoms with van der Waals surface area (Å²) in [6, 6.07) is -0.905. The molecule has 0 heterocycles. The zero-order valence-electron chi connectivity index (χ0n) is 7.61. The lowest BCUT2D eigenvalue weighted by Gasteiger charge is -2.27. The van der Waals surface area contributed by atoms with Crippen molar-refractivity contribution in [2.75, 3.05) is 6.54 Å². The van der Waals surface area contributed by atoms with E-state index in [1.807, 2.05) is 0 Å². The SMILES string of the molecule is CC(C)N(CC(F)(F)F)C(=O)C(F)F. The van der Waals surface area contributed by atoms with Crippen molar-refractivity contribution in [3.8, 4) is 0 Å². The predicted molar refractivity (Wildman–Crippen MR) is 38.9 cm³/mol. The van der Waals surface area contributed by atoms with Crippen molar-refractivity contribution >= 4 is 5.91 Å². The third-order valence-electron chi connectivity index (χ3n) is 1.44. The number of carbonyl (C=O) groups excluding carboxylic acids is 1. The van der Waals surface area contributed by atoms with E-state index in [-0.39, 0.29) is 4.90 Å². The zero-order chi connectivity index (χ0) is 11.5. The van der Waals surface area contributed by atoms with E-state index >= 15 is 0 Å². The maximum Gasteiger partial charge on any atom is 0.406 e. The van der Waals surface area contributed by atoms with Crippen molar-refractivity contribution in [3.63, 3.8) is 0 Å². The zero-order valence-corrected chi connectivity index (χ0v) is 7.61. The first kappa shape index (κ1) is 13.1. The van der Waals surface area contributed by atoms with Gasteiger partial charge in [-0.25, -0.2) is 0 Å². The van der Waals surface area contributed by atoms with Crippen LogP contribution in [0, 0.1) is 0 Å². The Kier molecular flexibility index (Phi) is 4.28.